The molecule has 0 amide bonds. The maximum absolute atomic E-state index is 12.2. The van der Waals surface area contributed by atoms with Crippen molar-refractivity contribution in [2.75, 3.05) is 29.4 Å². The quantitative estimate of drug-likeness (QED) is 0.469. The summed E-state index contributed by atoms with van der Waals surface area (Å²) >= 11 is 0. The lowest BCUT2D eigenvalue weighted by Crippen LogP contribution is -2.37. The lowest BCUT2D eigenvalue weighted by Gasteiger charge is -2.31. The highest BCUT2D eigenvalue weighted by Crippen LogP contribution is 2.40. The molecule has 1 aromatic heterocycles. The predicted octanol–water partition coefficient (Wildman–Crippen LogP) is 4.00. The summed E-state index contributed by atoms with van der Waals surface area (Å²) in [4.78, 5) is 35.1. The second-order valence-electron chi connectivity index (χ2n) is 7.47. The third-order valence-corrected chi connectivity index (χ3v) is 5.74. The van der Waals surface area contributed by atoms with Crippen molar-refractivity contribution in [3.8, 4) is 0 Å². The number of aromatic nitrogens is 2. The van der Waals surface area contributed by atoms with Gasteiger partial charge in [-0.3, -0.25) is 14.9 Å². The summed E-state index contributed by atoms with van der Waals surface area (Å²) in [5.41, 5.74) is 0.670. The zero-order valence-corrected chi connectivity index (χ0v) is 17.1. The van der Waals surface area contributed by atoms with Crippen molar-refractivity contribution in [3.05, 3.63) is 58.9 Å². The van der Waals surface area contributed by atoms with Gasteiger partial charge in [-0.05, 0) is 31.2 Å². The molecule has 3 aromatic rings. The maximum atomic E-state index is 12.2. The first-order chi connectivity index (χ1) is 15.0. The molecular weight excluding hydrogens is 398 g/mol. The molecule has 1 fully saturated rings. The van der Waals surface area contributed by atoms with Gasteiger partial charge in [-0.15, -0.1) is 0 Å². The van der Waals surface area contributed by atoms with Gasteiger partial charge < -0.3 is 14.9 Å². The van der Waals surface area contributed by atoms with Crippen LogP contribution in [0, 0.1) is 16.0 Å². The van der Waals surface area contributed by atoms with Crippen LogP contribution >= 0.6 is 0 Å². The average molecular weight is 421 g/mol. The first-order valence-corrected chi connectivity index (χ1v) is 10.2. The van der Waals surface area contributed by atoms with E-state index in [1.165, 1.54) is 6.33 Å². The summed E-state index contributed by atoms with van der Waals surface area (Å²) in [6, 6.07) is 13.7. The fourth-order valence-electron chi connectivity index (χ4n) is 4.17. The van der Waals surface area contributed by atoms with E-state index in [1.807, 2.05) is 54.3 Å². The van der Waals surface area contributed by atoms with E-state index in [4.69, 9.17) is 0 Å². The number of nitro groups is 1. The van der Waals surface area contributed by atoms with Crippen molar-refractivity contribution in [2.24, 2.45) is 5.92 Å². The SMILES string of the molecule is CCN(c1ncnc(N2CCC(C(=O)O)CC2)c1[N+](=O)[O-])c1cccc2ccccc12. The molecule has 1 saturated heterocycles. The fourth-order valence-corrected chi connectivity index (χ4v) is 4.17. The van der Waals surface area contributed by atoms with E-state index in [0.29, 0.717) is 32.5 Å². The van der Waals surface area contributed by atoms with Crippen molar-refractivity contribution in [2.45, 2.75) is 19.8 Å². The Bertz CT molecular complexity index is 1120. The lowest BCUT2D eigenvalue weighted by atomic mass is 9.97. The van der Waals surface area contributed by atoms with E-state index in [1.54, 1.807) is 4.90 Å². The zero-order chi connectivity index (χ0) is 22.0. The highest BCUT2D eigenvalue weighted by molar-refractivity contribution is 5.96. The topological polar surface area (TPSA) is 113 Å². The molecule has 0 unspecified atom stereocenters. The summed E-state index contributed by atoms with van der Waals surface area (Å²) in [5.74, 6) is -0.795. The standard InChI is InChI=1S/C22H23N5O4/c1-2-26(18-9-5-7-15-6-3-4-8-17(15)18)21-19(27(30)31)20(23-14-24-21)25-12-10-16(11-13-25)22(28)29/h3-9,14,16H,2,10-13H2,1H3,(H,28,29). The van der Waals surface area contributed by atoms with Crippen LogP contribution in [-0.2, 0) is 4.79 Å². The molecule has 2 heterocycles. The van der Waals surface area contributed by atoms with E-state index < -0.39 is 16.8 Å². The van der Waals surface area contributed by atoms with Crippen LogP contribution in [0.3, 0.4) is 0 Å². The Kier molecular flexibility index (Phi) is 5.66. The fraction of sp³-hybridized carbons (Fsp3) is 0.318. The Labute approximate surface area is 179 Å². The van der Waals surface area contributed by atoms with Crippen molar-refractivity contribution in [1.82, 2.24) is 9.97 Å². The molecule has 1 aliphatic heterocycles. The summed E-state index contributed by atoms with van der Waals surface area (Å²) in [6.07, 6.45) is 2.19. The third kappa shape index (κ3) is 3.86. The Hall–Kier alpha value is -3.75. The first kappa shape index (κ1) is 20.5. The summed E-state index contributed by atoms with van der Waals surface area (Å²) in [7, 11) is 0. The zero-order valence-electron chi connectivity index (χ0n) is 17.1. The molecule has 0 aliphatic carbocycles. The van der Waals surface area contributed by atoms with Crippen LogP contribution in [0.1, 0.15) is 19.8 Å². The Balaban J connectivity index is 1.78. The van der Waals surface area contributed by atoms with Gasteiger partial charge in [0.05, 0.1) is 16.5 Å². The highest BCUT2D eigenvalue weighted by atomic mass is 16.6. The minimum Gasteiger partial charge on any atom is -0.481 e. The van der Waals surface area contributed by atoms with E-state index in [2.05, 4.69) is 9.97 Å². The molecule has 2 aromatic carbocycles. The molecule has 0 bridgehead atoms. The minimum absolute atomic E-state index is 0.161. The third-order valence-electron chi connectivity index (χ3n) is 5.74. The predicted molar refractivity (Wildman–Crippen MR) is 118 cm³/mol. The van der Waals surface area contributed by atoms with Gasteiger partial charge in [-0.25, -0.2) is 9.97 Å². The van der Waals surface area contributed by atoms with Crippen LogP contribution in [0.25, 0.3) is 10.8 Å². The summed E-state index contributed by atoms with van der Waals surface area (Å²) in [5, 5.41) is 23.4. The van der Waals surface area contributed by atoms with Gasteiger partial charge in [0.25, 0.3) is 0 Å². The van der Waals surface area contributed by atoms with E-state index >= 15 is 0 Å². The number of hydrogen-bond donors (Lipinski definition) is 1. The average Bonchev–Trinajstić information content (AvgIpc) is 2.79. The largest absolute Gasteiger partial charge is 0.481 e. The van der Waals surface area contributed by atoms with Crippen LogP contribution in [0.5, 0.6) is 0 Å². The number of nitrogens with zero attached hydrogens (tertiary/aromatic N) is 5. The molecule has 0 saturated carbocycles. The van der Waals surface area contributed by atoms with Gasteiger partial charge in [-0.1, -0.05) is 36.4 Å². The molecule has 1 N–H and O–H groups in total. The maximum Gasteiger partial charge on any atom is 0.353 e. The smallest absolute Gasteiger partial charge is 0.353 e. The van der Waals surface area contributed by atoms with Crippen molar-refractivity contribution in [3.63, 3.8) is 0 Å². The van der Waals surface area contributed by atoms with E-state index in [-0.39, 0.29) is 17.3 Å². The number of aliphatic carboxylic acids is 1. The van der Waals surface area contributed by atoms with Crippen molar-refractivity contribution < 1.29 is 14.8 Å². The molecule has 31 heavy (non-hydrogen) atoms. The van der Waals surface area contributed by atoms with Crippen molar-refractivity contribution in [1.29, 1.82) is 0 Å². The number of fused-ring (bicyclic) bond motifs is 1. The number of anilines is 3. The molecule has 4 rings (SSSR count). The number of carbonyl (C=O) groups is 1. The van der Waals surface area contributed by atoms with Crippen molar-refractivity contribution >= 4 is 39.8 Å². The Morgan fingerprint density at radius 3 is 2.58 bits per heavy atom. The Morgan fingerprint density at radius 2 is 1.90 bits per heavy atom. The monoisotopic (exact) mass is 421 g/mol. The molecule has 0 atom stereocenters. The minimum atomic E-state index is -0.828. The van der Waals surface area contributed by atoms with E-state index in [9.17, 15) is 20.0 Å². The van der Waals surface area contributed by atoms with Gasteiger partial charge in [0.2, 0.25) is 11.6 Å². The molecule has 1 aliphatic rings. The van der Waals surface area contributed by atoms with Gasteiger partial charge in [0, 0.05) is 25.0 Å². The number of rotatable bonds is 6. The van der Waals surface area contributed by atoms with Crippen LogP contribution in [-0.4, -0.2) is 45.6 Å². The number of carboxylic acids is 1. The van der Waals surface area contributed by atoms with Crippen LogP contribution < -0.4 is 9.80 Å². The highest BCUT2D eigenvalue weighted by Gasteiger charge is 2.33. The molecule has 9 nitrogen and oxygen atoms in total. The molecular formula is C22H23N5O4. The number of benzene rings is 2. The number of carboxylic acid groups (broad SMARTS) is 1. The molecule has 0 spiro atoms. The normalized spacial score (nSPS) is 14.5. The van der Waals surface area contributed by atoms with Crippen LogP contribution in [0.4, 0.5) is 23.0 Å². The second kappa shape index (κ2) is 8.55. The molecule has 160 valence electrons. The lowest BCUT2D eigenvalue weighted by molar-refractivity contribution is -0.383. The van der Waals surface area contributed by atoms with Gasteiger partial charge >= 0.3 is 11.7 Å². The number of hydrogen-bond acceptors (Lipinski definition) is 7. The van der Waals surface area contributed by atoms with E-state index in [0.717, 1.165) is 16.5 Å². The number of piperidine rings is 1. The molecule has 9 heteroatoms. The first-order valence-electron chi connectivity index (χ1n) is 10.2. The van der Waals surface area contributed by atoms with Gasteiger partial charge in [0.1, 0.15) is 6.33 Å². The summed E-state index contributed by atoms with van der Waals surface area (Å²) < 4.78 is 0. The summed E-state index contributed by atoms with van der Waals surface area (Å²) in [6.45, 7) is 3.20. The van der Waals surface area contributed by atoms with Gasteiger partial charge in [-0.2, -0.15) is 0 Å². The Morgan fingerprint density at radius 1 is 1.19 bits per heavy atom. The van der Waals surface area contributed by atoms with Crippen LogP contribution in [0.15, 0.2) is 48.8 Å². The molecule has 0 radical (unpaired) electrons. The van der Waals surface area contributed by atoms with Gasteiger partial charge in [0.15, 0.2) is 0 Å². The second-order valence-corrected chi connectivity index (χ2v) is 7.47. The van der Waals surface area contributed by atoms with Crippen LogP contribution in [0.2, 0.25) is 0 Å².